The molecule has 1 aromatic carbocycles. The Morgan fingerprint density at radius 3 is 2.65 bits per heavy atom. The van der Waals surface area contributed by atoms with Gasteiger partial charge in [-0.15, -0.1) is 0 Å². The van der Waals surface area contributed by atoms with Crippen LogP contribution in [0.4, 0.5) is 5.69 Å². The molecule has 0 saturated heterocycles. The molecule has 1 aromatic heterocycles. The van der Waals surface area contributed by atoms with Crippen LogP contribution < -0.4 is 0 Å². The van der Waals surface area contributed by atoms with Crippen LogP contribution in [0, 0.1) is 10.1 Å². The summed E-state index contributed by atoms with van der Waals surface area (Å²) in [6.07, 6.45) is 2.44. The fourth-order valence-corrected chi connectivity index (χ4v) is 1.68. The molecule has 1 N–H and O–H groups in total. The molecule has 1 unspecified atom stereocenters. The third kappa shape index (κ3) is 2.66. The summed E-state index contributed by atoms with van der Waals surface area (Å²) in [4.78, 5) is 10.1. The molecule has 0 amide bonds. The van der Waals surface area contributed by atoms with Crippen molar-refractivity contribution in [3.05, 3.63) is 51.8 Å². The maximum absolute atomic E-state index is 10.5. The predicted molar refractivity (Wildman–Crippen MR) is 61.6 cm³/mol. The van der Waals surface area contributed by atoms with Crippen LogP contribution in [0.15, 0.2) is 30.5 Å². The summed E-state index contributed by atoms with van der Waals surface area (Å²) in [6, 6.07) is 6.61. The summed E-state index contributed by atoms with van der Waals surface area (Å²) < 4.78 is 0. The molecule has 2 rings (SSSR count). The number of H-pyrrole nitrogens is 1. The zero-order valence-corrected chi connectivity index (χ0v) is 9.33. The largest absolute Gasteiger partial charge is 0.269 e. The molecule has 1 heterocycles. The Kier molecular flexibility index (Phi) is 3.13. The van der Waals surface area contributed by atoms with Crippen molar-refractivity contribution >= 4 is 5.69 Å². The van der Waals surface area contributed by atoms with E-state index in [1.54, 1.807) is 18.3 Å². The molecule has 0 bridgehead atoms. The van der Waals surface area contributed by atoms with Gasteiger partial charge in [0.1, 0.15) is 0 Å². The van der Waals surface area contributed by atoms with Gasteiger partial charge in [-0.25, -0.2) is 0 Å². The van der Waals surface area contributed by atoms with E-state index in [0.717, 1.165) is 17.7 Å². The number of benzene rings is 1. The van der Waals surface area contributed by atoms with E-state index in [9.17, 15) is 10.1 Å². The SMILES string of the molecule is CC(Cc1cn[nH]n1)c1ccc([N+](=O)[O-])cc1. The summed E-state index contributed by atoms with van der Waals surface area (Å²) in [7, 11) is 0. The van der Waals surface area contributed by atoms with Crippen LogP contribution in [0.1, 0.15) is 24.1 Å². The summed E-state index contributed by atoms with van der Waals surface area (Å²) in [5, 5.41) is 20.8. The van der Waals surface area contributed by atoms with Crippen LogP contribution in [0.3, 0.4) is 0 Å². The van der Waals surface area contributed by atoms with Gasteiger partial charge in [-0.2, -0.15) is 15.4 Å². The van der Waals surface area contributed by atoms with Gasteiger partial charge >= 0.3 is 0 Å². The van der Waals surface area contributed by atoms with Crippen molar-refractivity contribution in [2.45, 2.75) is 19.3 Å². The summed E-state index contributed by atoms with van der Waals surface area (Å²) in [5.41, 5.74) is 2.05. The van der Waals surface area contributed by atoms with Gasteiger partial charge in [0.15, 0.2) is 0 Å². The molecule has 0 fully saturated rings. The van der Waals surface area contributed by atoms with E-state index in [0.29, 0.717) is 0 Å². The summed E-state index contributed by atoms with van der Waals surface area (Å²) >= 11 is 0. The monoisotopic (exact) mass is 232 g/mol. The molecule has 6 nitrogen and oxygen atoms in total. The molecule has 17 heavy (non-hydrogen) atoms. The van der Waals surface area contributed by atoms with Crippen molar-refractivity contribution in [1.82, 2.24) is 15.4 Å². The Labute approximate surface area is 97.8 Å². The van der Waals surface area contributed by atoms with Crippen molar-refractivity contribution in [1.29, 1.82) is 0 Å². The Morgan fingerprint density at radius 2 is 2.12 bits per heavy atom. The van der Waals surface area contributed by atoms with Crippen molar-refractivity contribution in [3.63, 3.8) is 0 Å². The highest BCUT2D eigenvalue weighted by Gasteiger charge is 2.10. The number of rotatable bonds is 4. The maximum atomic E-state index is 10.5. The first-order valence-electron chi connectivity index (χ1n) is 5.26. The third-order valence-corrected chi connectivity index (χ3v) is 2.65. The van der Waals surface area contributed by atoms with Crippen LogP contribution in [0.5, 0.6) is 0 Å². The quantitative estimate of drug-likeness (QED) is 0.645. The molecule has 0 saturated carbocycles. The van der Waals surface area contributed by atoms with Crippen LogP contribution in [0.2, 0.25) is 0 Å². The highest BCUT2D eigenvalue weighted by atomic mass is 16.6. The third-order valence-electron chi connectivity index (χ3n) is 2.65. The Bertz CT molecular complexity index is 493. The van der Waals surface area contributed by atoms with Crippen LogP contribution in [-0.2, 0) is 6.42 Å². The Hall–Kier alpha value is -2.24. The zero-order chi connectivity index (χ0) is 12.3. The van der Waals surface area contributed by atoms with Crippen LogP contribution in [-0.4, -0.2) is 20.3 Å². The predicted octanol–water partition coefficient (Wildman–Crippen LogP) is 2.06. The van der Waals surface area contributed by atoms with E-state index in [2.05, 4.69) is 22.3 Å². The molecule has 0 aliphatic heterocycles. The molecular formula is C11H12N4O2. The highest BCUT2D eigenvalue weighted by Crippen LogP contribution is 2.21. The summed E-state index contributed by atoms with van der Waals surface area (Å²) in [6.45, 7) is 2.05. The van der Waals surface area contributed by atoms with Gasteiger partial charge in [0.25, 0.3) is 5.69 Å². The Morgan fingerprint density at radius 1 is 1.41 bits per heavy atom. The second kappa shape index (κ2) is 4.73. The molecular weight excluding hydrogens is 220 g/mol. The van der Waals surface area contributed by atoms with E-state index in [4.69, 9.17) is 0 Å². The van der Waals surface area contributed by atoms with E-state index in [-0.39, 0.29) is 11.6 Å². The minimum Gasteiger partial charge on any atom is -0.258 e. The minimum absolute atomic E-state index is 0.113. The molecule has 0 spiro atoms. The standard InChI is InChI=1S/C11H12N4O2/c1-8(6-10-7-12-14-13-10)9-2-4-11(5-3-9)15(16)17/h2-5,7-8H,6H2,1H3,(H,12,13,14). The smallest absolute Gasteiger partial charge is 0.258 e. The normalized spacial score (nSPS) is 12.3. The number of nitro groups is 1. The lowest BCUT2D eigenvalue weighted by atomic mass is 9.96. The van der Waals surface area contributed by atoms with Gasteiger partial charge in [-0.1, -0.05) is 19.1 Å². The van der Waals surface area contributed by atoms with Gasteiger partial charge in [0.2, 0.25) is 0 Å². The molecule has 2 aromatic rings. The Balaban J connectivity index is 2.09. The summed E-state index contributed by atoms with van der Waals surface area (Å²) in [5.74, 6) is 0.251. The topological polar surface area (TPSA) is 84.7 Å². The molecule has 0 radical (unpaired) electrons. The van der Waals surface area contributed by atoms with E-state index in [1.807, 2.05) is 0 Å². The average Bonchev–Trinajstić information content (AvgIpc) is 2.82. The van der Waals surface area contributed by atoms with Crippen LogP contribution in [0.25, 0.3) is 0 Å². The first kappa shape index (κ1) is 11.3. The van der Waals surface area contributed by atoms with Gasteiger partial charge in [0.05, 0.1) is 16.8 Å². The van der Waals surface area contributed by atoms with Crippen molar-refractivity contribution < 1.29 is 4.92 Å². The fraction of sp³-hybridized carbons (Fsp3) is 0.273. The minimum atomic E-state index is -0.397. The zero-order valence-electron chi connectivity index (χ0n) is 9.33. The second-order valence-electron chi connectivity index (χ2n) is 3.92. The van der Waals surface area contributed by atoms with Crippen LogP contribution >= 0.6 is 0 Å². The lowest BCUT2D eigenvalue weighted by molar-refractivity contribution is -0.384. The number of nitrogens with zero attached hydrogens (tertiary/aromatic N) is 3. The van der Waals surface area contributed by atoms with Crippen molar-refractivity contribution in [2.75, 3.05) is 0 Å². The molecule has 0 aliphatic carbocycles. The van der Waals surface area contributed by atoms with Gasteiger partial charge in [0, 0.05) is 12.1 Å². The fourth-order valence-electron chi connectivity index (χ4n) is 1.68. The highest BCUT2D eigenvalue weighted by molar-refractivity contribution is 5.34. The first-order chi connectivity index (χ1) is 8.16. The lowest BCUT2D eigenvalue weighted by Crippen LogP contribution is -1.99. The number of hydrogen-bond acceptors (Lipinski definition) is 4. The molecule has 88 valence electrons. The second-order valence-corrected chi connectivity index (χ2v) is 3.92. The number of non-ortho nitro benzene ring substituents is 1. The van der Waals surface area contributed by atoms with Crippen molar-refractivity contribution in [2.24, 2.45) is 0 Å². The molecule has 1 atom stereocenters. The number of nitrogens with one attached hydrogen (secondary N) is 1. The van der Waals surface area contributed by atoms with Crippen molar-refractivity contribution in [3.8, 4) is 0 Å². The number of aromatic amines is 1. The van der Waals surface area contributed by atoms with E-state index >= 15 is 0 Å². The average molecular weight is 232 g/mol. The van der Waals surface area contributed by atoms with Gasteiger partial charge < -0.3 is 0 Å². The van der Waals surface area contributed by atoms with E-state index < -0.39 is 4.92 Å². The first-order valence-corrected chi connectivity index (χ1v) is 5.26. The number of nitro benzene ring substituents is 1. The van der Waals surface area contributed by atoms with Gasteiger partial charge in [-0.3, -0.25) is 10.1 Å². The number of aromatic nitrogens is 3. The number of hydrogen-bond donors (Lipinski definition) is 1. The van der Waals surface area contributed by atoms with Gasteiger partial charge in [-0.05, 0) is 17.9 Å². The van der Waals surface area contributed by atoms with E-state index in [1.165, 1.54) is 12.1 Å². The molecule has 6 heteroatoms. The molecule has 0 aliphatic rings. The maximum Gasteiger partial charge on any atom is 0.269 e. The lowest BCUT2D eigenvalue weighted by Gasteiger charge is -2.09.